The Morgan fingerprint density at radius 1 is 1.19 bits per heavy atom. The van der Waals surface area contributed by atoms with Gasteiger partial charge in [0.1, 0.15) is 5.75 Å². The molecular formula is C21H25F3O2. The van der Waals surface area contributed by atoms with Crippen LogP contribution in [0.2, 0.25) is 0 Å². The summed E-state index contributed by atoms with van der Waals surface area (Å²) >= 11 is 0. The van der Waals surface area contributed by atoms with Gasteiger partial charge < -0.3 is 10.2 Å². The SMILES string of the molecule is C=C[C@@]12CCc3cc(O)ccc3[C@H]1CC[C@@]1(C)[C@H]2CC[C@@]1(O)C(F)(F)F. The summed E-state index contributed by atoms with van der Waals surface area (Å²) in [5, 5.41) is 20.5. The minimum absolute atomic E-state index is 0.0954. The fourth-order valence-electron chi connectivity index (χ4n) is 6.59. The highest BCUT2D eigenvalue weighted by Gasteiger charge is 2.73. The topological polar surface area (TPSA) is 40.5 Å². The summed E-state index contributed by atoms with van der Waals surface area (Å²) in [7, 11) is 0. The number of hydrogen-bond acceptors (Lipinski definition) is 2. The summed E-state index contributed by atoms with van der Waals surface area (Å²) in [6.07, 6.45) is -0.259. The van der Waals surface area contributed by atoms with Gasteiger partial charge in [-0.15, -0.1) is 6.58 Å². The molecular weight excluding hydrogens is 341 g/mol. The molecule has 26 heavy (non-hydrogen) atoms. The zero-order valence-corrected chi connectivity index (χ0v) is 14.9. The third kappa shape index (κ3) is 1.98. The lowest BCUT2D eigenvalue weighted by Gasteiger charge is -2.59. The van der Waals surface area contributed by atoms with E-state index in [1.165, 1.54) is 0 Å². The molecule has 4 rings (SSSR count). The van der Waals surface area contributed by atoms with Gasteiger partial charge in [0.2, 0.25) is 0 Å². The van der Waals surface area contributed by atoms with Crippen LogP contribution in [0.1, 0.15) is 56.1 Å². The number of aryl methyl sites for hydroxylation is 1. The third-order valence-electron chi connectivity index (χ3n) is 7.94. The second-order valence-corrected chi connectivity index (χ2v) is 8.66. The van der Waals surface area contributed by atoms with Crippen molar-refractivity contribution in [1.29, 1.82) is 0 Å². The van der Waals surface area contributed by atoms with Crippen molar-refractivity contribution in [3.05, 3.63) is 42.0 Å². The van der Waals surface area contributed by atoms with E-state index < -0.39 is 22.6 Å². The Hall–Kier alpha value is -1.49. The molecule has 1 aromatic rings. The minimum Gasteiger partial charge on any atom is -0.508 e. The Balaban J connectivity index is 1.82. The highest BCUT2D eigenvalue weighted by Crippen LogP contribution is 2.72. The lowest BCUT2D eigenvalue weighted by Crippen LogP contribution is -2.60. The number of benzene rings is 1. The van der Waals surface area contributed by atoms with Crippen LogP contribution in [-0.2, 0) is 6.42 Å². The molecule has 0 radical (unpaired) electrons. The van der Waals surface area contributed by atoms with Crippen LogP contribution in [0.15, 0.2) is 30.9 Å². The van der Waals surface area contributed by atoms with Crippen molar-refractivity contribution in [3.8, 4) is 5.75 Å². The molecule has 0 aliphatic heterocycles. The summed E-state index contributed by atoms with van der Waals surface area (Å²) in [5.41, 5.74) is -2.04. The molecule has 0 spiro atoms. The van der Waals surface area contributed by atoms with E-state index in [1.54, 1.807) is 19.1 Å². The predicted octanol–water partition coefficient (Wildman–Crippen LogP) is 5.10. The van der Waals surface area contributed by atoms with E-state index in [-0.39, 0.29) is 24.0 Å². The van der Waals surface area contributed by atoms with Crippen LogP contribution in [0.4, 0.5) is 13.2 Å². The van der Waals surface area contributed by atoms with Crippen molar-refractivity contribution >= 4 is 0 Å². The van der Waals surface area contributed by atoms with Gasteiger partial charge >= 0.3 is 6.18 Å². The van der Waals surface area contributed by atoms with Crippen molar-refractivity contribution in [2.45, 2.75) is 63.1 Å². The average Bonchev–Trinajstić information content (AvgIpc) is 2.87. The highest BCUT2D eigenvalue weighted by atomic mass is 19.4. The molecule has 0 heterocycles. The zero-order chi connectivity index (χ0) is 19.0. The quantitative estimate of drug-likeness (QED) is 0.679. The van der Waals surface area contributed by atoms with Gasteiger partial charge in [-0.05, 0) is 79.0 Å². The summed E-state index contributed by atoms with van der Waals surface area (Å²) in [5.74, 6) is 0.0700. The Bertz CT molecular complexity index is 758. The van der Waals surface area contributed by atoms with E-state index in [9.17, 15) is 23.4 Å². The van der Waals surface area contributed by atoms with Gasteiger partial charge in [-0.1, -0.05) is 19.1 Å². The van der Waals surface area contributed by atoms with Gasteiger partial charge in [-0.3, -0.25) is 0 Å². The Kier molecular flexibility index (Phi) is 3.63. The first-order chi connectivity index (χ1) is 12.1. The van der Waals surface area contributed by atoms with Crippen LogP contribution >= 0.6 is 0 Å². The van der Waals surface area contributed by atoms with Crippen LogP contribution < -0.4 is 0 Å². The smallest absolute Gasteiger partial charge is 0.417 e. The first-order valence-corrected chi connectivity index (χ1v) is 9.33. The largest absolute Gasteiger partial charge is 0.508 e. The van der Waals surface area contributed by atoms with Gasteiger partial charge in [-0.2, -0.15) is 13.2 Å². The van der Waals surface area contributed by atoms with Gasteiger partial charge in [0.15, 0.2) is 5.60 Å². The Morgan fingerprint density at radius 3 is 2.58 bits per heavy atom. The van der Waals surface area contributed by atoms with Gasteiger partial charge in [0, 0.05) is 5.41 Å². The highest BCUT2D eigenvalue weighted by molar-refractivity contribution is 5.43. The molecule has 0 bridgehead atoms. The third-order valence-corrected chi connectivity index (χ3v) is 7.94. The minimum atomic E-state index is -4.62. The Morgan fingerprint density at radius 2 is 1.92 bits per heavy atom. The van der Waals surface area contributed by atoms with Crippen LogP contribution in [0.25, 0.3) is 0 Å². The molecule has 3 aliphatic carbocycles. The number of phenolic OH excluding ortho intramolecular Hbond substituents is 1. The number of aliphatic hydroxyl groups is 1. The average molecular weight is 366 g/mol. The molecule has 0 aromatic heterocycles. The first kappa shape index (κ1) is 17.9. The lowest BCUT2D eigenvalue weighted by molar-refractivity contribution is -0.302. The van der Waals surface area contributed by atoms with Crippen LogP contribution in [0.3, 0.4) is 0 Å². The number of rotatable bonds is 1. The molecule has 0 amide bonds. The molecule has 0 unspecified atom stereocenters. The van der Waals surface area contributed by atoms with Crippen molar-refractivity contribution in [3.63, 3.8) is 0 Å². The fraction of sp³-hybridized carbons (Fsp3) is 0.619. The van der Waals surface area contributed by atoms with E-state index in [0.29, 0.717) is 32.1 Å². The molecule has 2 saturated carbocycles. The van der Waals surface area contributed by atoms with Gasteiger partial charge in [0.25, 0.3) is 0 Å². The van der Waals surface area contributed by atoms with Gasteiger partial charge in [-0.25, -0.2) is 0 Å². The lowest BCUT2D eigenvalue weighted by atomic mass is 9.46. The maximum Gasteiger partial charge on any atom is 0.417 e. The first-order valence-electron chi connectivity index (χ1n) is 9.33. The number of allylic oxidation sites excluding steroid dienone is 1. The Labute approximate surface area is 151 Å². The van der Waals surface area contributed by atoms with Crippen LogP contribution in [0.5, 0.6) is 5.75 Å². The van der Waals surface area contributed by atoms with Crippen LogP contribution in [-0.4, -0.2) is 22.0 Å². The number of fused-ring (bicyclic) bond motifs is 5. The van der Waals surface area contributed by atoms with Crippen LogP contribution in [0, 0.1) is 16.7 Å². The molecule has 3 aliphatic rings. The number of halogens is 3. The maximum absolute atomic E-state index is 13.8. The molecule has 2 nitrogen and oxygen atoms in total. The maximum atomic E-state index is 13.8. The molecule has 2 fully saturated rings. The second-order valence-electron chi connectivity index (χ2n) is 8.66. The summed E-state index contributed by atoms with van der Waals surface area (Å²) < 4.78 is 41.4. The molecule has 0 saturated heterocycles. The molecule has 5 atom stereocenters. The van der Waals surface area contributed by atoms with Crippen molar-refractivity contribution < 1.29 is 23.4 Å². The standard InChI is InChI=1S/C21H25F3O2/c1-3-19-10-6-13-12-14(25)4-5-15(13)16(19)7-9-18(2)17(19)8-11-20(18,26)21(22,23)24/h3-5,12,16-17,25-26H,1,6-11H2,2H3/t16-,17-,18+,19-,20+/m1/s1. The van der Waals surface area contributed by atoms with Crippen molar-refractivity contribution in [1.82, 2.24) is 0 Å². The van der Waals surface area contributed by atoms with E-state index in [4.69, 9.17) is 0 Å². The molecule has 5 heteroatoms. The predicted molar refractivity (Wildman–Crippen MR) is 92.9 cm³/mol. The number of phenols is 1. The van der Waals surface area contributed by atoms with E-state index in [2.05, 4.69) is 6.58 Å². The normalized spacial score (nSPS) is 41.9. The number of alkyl halides is 3. The van der Waals surface area contributed by atoms with E-state index in [1.807, 2.05) is 12.1 Å². The fourth-order valence-corrected chi connectivity index (χ4v) is 6.59. The van der Waals surface area contributed by atoms with Gasteiger partial charge in [0.05, 0.1) is 0 Å². The number of hydrogen-bond donors (Lipinski definition) is 2. The summed E-state index contributed by atoms with van der Waals surface area (Å²) in [4.78, 5) is 0. The van der Waals surface area contributed by atoms with E-state index in [0.717, 1.165) is 11.1 Å². The molecule has 1 aromatic carbocycles. The second kappa shape index (κ2) is 5.28. The number of aromatic hydroxyl groups is 1. The zero-order valence-electron chi connectivity index (χ0n) is 14.9. The van der Waals surface area contributed by atoms with Crippen molar-refractivity contribution in [2.24, 2.45) is 16.7 Å². The summed E-state index contributed by atoms with van der Waals surface area (Å²) in [6, 6.07) is 5.35. The summed E-state index contributed by atoms with van der Waals surface area (Å²) in [6.45, 7) is 5.67. The van der Waals surface area contributed by atoms with E-state index >= 15 is 0 Å². The molecule has 142 valence electrons. The monoisotopic (exact) mass is 366 g/mol. The van der Waals surface area contributed by atoms with Crippen molar-refractivity contribution in [2.75, 3.05) is 0 Å². The molecule has 2 N–H and O–H groups in total.